The fraction of sp³-hybridized carbons (Fsp3) is 0.0588. The summed E-state index contributed by atoms with van der Waals surface area (Å²) in [6.07, 6.45) is 2.83. The van der Waals surface area contributed by atoms with Gasteiger partial charge >= 0.3 is 5.97 Å². The van der Waals surface area contributed by atoms with Crippen molar-refractivity contribution in [1.29, 1.82) is 0 Å². The molecule has 3 nitrogen and oxygen atoms in total. The first kappa shape index (κ1) is 14.7. The number of ketones is 1. The number of carboxylic acids is 1. The van der Waals surface area contributed by atoms with Gasteiger partial charge in [-0.3, -0.25) is 4.79 Å². The lowest BCUT2D eigenvalue weighted by molar-refractivity contribution is 0.0691. The zero-order valence-electron chi connectivity index (χ0n) is 11.3. The topological polar surface area (TPSA) is 54.4 Å². The van der Waals surface area contributed by atoms with Gasteiger partial charge in [-0.05, 0) is 30.2 Å². The van der Waals surface area contributed by atoms with Crippen molar-refractivity contribution in [1.82, 2.24) is 0 Å². The van der Waals surface area contributed by atoms with E-state index >= 15 is 0 Å². The van der Waals surface area contributed by atoms with Gasteiger partial charge in [0.2, 0.25) is 0 Å². The monoisotopic (exact) mass is 284 g/mol. The molecule has 2 rings (SSSR count). The molecular formula is C17H13FO3. The maximum absolute atomic E-state index is 13.9. The average Bonchev–Trinajstić information content (AvgIpc) is 2.49. The van der Waals surface area contributed by atoms with Crippen molar-refractivity contribution in [3.05, 3.63) is 76.6 Å². The molecule has 0 fully saturated rings. The zero-order chi connectivity index (χ0) is 15.4. The Labute approximate surface area is 121 Å². The predicted molar refractivity (Wildman–Crippen MR) is 77.9 cm³/mol. The number of rotatable bonds is 4. The summed E-state index contributed by atoms with van der Waals surface area (Å²) in [5.41, 5.74) is 0.835. The van der Waals surface area contributed by atoms with Crippen molar-refractivity contribution in [2.24, 2.45) is 0 Å². The third-order valence-electron chi connectivity index (χ3n) is 3.13. The molecule has 106 valence electrons. The largest absolute Gasteiger partial charge is 0.478 e. The Kier molecular flexibility index (Phi) is 4.28. The van der Waals surface area contributed by atoms with Gasteiger partial charge < -0.3 is 5.11 Å². The Morgan fingerprint density at radius 1 is 1.10 bits per heavy atom. The molecule has 0 bridgehead atoms. The molecule has 21 heavy (non-hydrogen) atoms. The van der Waals surface area contributed by atoms with Gasteiger partial charge in [0.05, 0.1) is 5.56 Å². The number of carboxylic acid groups (broad SMARTS) is 1. The van der Waals surface area contributed by atoms with E-state index in [4.69, 9.17) is 5.11 Å². The number of carbonyl (C=O) groups is 2. The van der Waals surface area contributed by atoms with E-state index in [0.717, 1.165) is 0 Å². The van der Waals surface area contributed by atoms with Crippen LogP contribution in [-0.4, -0.2) is 16.9 Å². The van der Waals surface area contributed by atoms with E-state index in [1.165, 1.54) is 31.2 Å². The lowest BCUT2D eigenvalue weighted by Crippen LogP contribution is -2.03. The van der Waals surface area contributed by atoms with Gasteiger partial charge in [0.25, 0.3) is 0 Å². The molecule has 0 aliphatic heterocycles. The van der Waals surface area contributed by atoms with Crippen LogP contribution in [0.3, 0.4) is 0 Å². The third kappa shape index (κ3) is 3.23. The summed E-state index contributed by atoms with van der Waals surface area (Å²) in [7, 11) is 0. The highest BCUT2D eigenvalue weighted by molar-refractivity contribution is 6.06. The van der Waals surface area contributed by atoms with Gasteiger partial charge in [-0.2, -0.15) is 0 Å². The minimum Gasteiger partial charge on any atom is -0.478 e. The first-order valence-electron chi connectivity index (χ1n) is 6.30. The minimum atomic E-state index is -1.31. The van der Waals surface area contributed by atoms with Crippen LogP contribution in [0.15, 0.2) is 48.5 Å². The first-order valence-corrected chi connectivity index (χ1v) is 6.30. The second-order valence-electron chi connectivity index (χ2n) is 4.51. The number of carbonyl (C=O) groups excluding carboxylic acids is 1. The zero-order valence-corrected chi connectivity index (χ0v) is 11.3. The van der Waals surface area contributed by atoms with E-state index in [9.17, 15) is 14.0 Å². The molecule has 0 spiro atoms. The number of hydrogen-bond acceptors (Lipinski definition) is 2. The van der Waals surface area contributed by atoms with Crippen molar-refractivity contribution in [3.63, 3.8) is 0 Å². The predicted octanol–water partition coefficient (Wildman–Crippen LogP) is 3.73. The Balaban J connectivity index is 2.28. The highest BCUT2D eigenvalue weighted by Gasteiger charge is 2.14. The summed E-state index contributed by atoms with van der Waals surface area (Å²) < 4.78 is 13.9. The van der Waals surface area contributed by atoms with E-state index in [1.54, 1.807) is 24.3 Å². The van der Waals surface area contributed by atoms with E-state index in [1.807, 2.05) is 6.07 Å². The summed E-state index contributed by atoms with van der Waals surface area (Å²) in [4.78, 5) is 22.7. The van der Waals surface area contributed by atoms with E-state index in [-0.39, 0.29) is 16.9 Å². The highest BCUT2D eigenvalue weighted by Crippen LogP contribution is 2.18. The van der Waals surface area contributed by atoms with Crippen LogP contribution >= 0.6 is 0 Å². The summed E-state index contributed by atoms with van der Waals surface area (Å²) in [5, 5.41) is 8.84. The van der Waals surface area contributed by atoms with Crippen LogP contribution in [0.2, 0.25) is 0 Å². The maximum atomic E-state index is 13.9. The highest BCUT2D eigenvalue weighted by atomic mass is 19.1. The summed E-state index contributed by atoms with van der Waals surface area (Å²) in [6, 6.07) is 11.4. The van der Waals surface area contributed by atoms with E-state index < -0.39 is 11.8 Å². The lowest BCUT2D eigenvalue weighted by Gasteiger charge is -2.05. The fourth-order valence-corrected chi connectivity index (χ4v) is 1.91. The molecule has 0 aliphatic rings. The molecule has 0 aromatic heterocycles. The smallest absolute Gasteiger partial charge is 0.338 e. The first-order chi connectivity index (χ1) is 10.0. The molecule has 2 aromatic rings. The molecule has 2 aromatic carbocycles. The molecule has 4 heteroatoms. The number of benzene rings is 2. The fourth-order valence-electron chi connectivity index (χ4n) is 1.91. The number of allylic oxidation sites excluding steroid dienone is 1. The number of hydrogen-bond donors (Lipinski definition) is 1. The minimum absolute atomic E-state index is 0.197. The maximum Gasteiger partial charge on any atom is 0.338 e. The Bertz CT molecular complexity index is 718. The van der Waals surface area contributed by atoms with Crippen LogP contribution < -0.4 is 0 Å². The van der Waals surface area contributed by atoms with Crippen molar-refractivity contribution < 1.29 is 19.1 Å². The number of aromatic carboxylic acids is 1. The number of halogens is 1. The molecule has 0 amide bonds. The van der Waals surface area contributed by atoms with Crippen LogP contribution in [0.1, 0.15) is 31.8 Å². The average molecular weight is 284 g/mol. The summed E-state index contributed by atoms with van der Waals surface area (Å²) >= 11 is 0. The standard InChI is InChI=1S/C17H13FO3/c1-11-12(7-9-14(16(11)18)17(20)21)8-10-15(19)13-5-3-2-4-6-13/h2-10H,1H3,(H,20,21). The second kappa shape index (κ2) is 6.13. The molecule has 0 unspecified atom stereocenters. The van der Waals surface area contributed by atoms with Gasteiger partial charge in [0.1, 0.15) is 5.82 Å². The molecule has 0 aliphatic carbocycles. The van der Waals surface area contributed by atoms with Crippen LogP contribution in [-0.2, 0) is 0 Å². The molecular weight excluding hydrogens is 271 g/mol. The van der Waals surface area contributed by atoms with Crippen molar-refractivity contribution in [2.45, 2.75) is 6.92 Å². The lowest BCUT2D eigenvalue weighted by atomic mass is 10.0. The molecule has 0 saturated heterocycles. The SMILES string of the molecule is Cc1c(C=CC(=O)c2ccccc2)ccc(C(=O)O)c1F. The van der Waals surface area contributed by atoms with Crippen LogP contribution in [0.25, 0.3) is 6.08 Å². The van der Waals surface area contributed by atoms with Gasteiger partial charge in [-0.25, -0.2) is 9.18 Å². The van der Waals surface area contributed by atoms with Crippen LogP contribution in [0.4, 0.5) is 4.39 Å². The van der Waals surface area contributed by atoms with Crippen molar-refractivity contribution in [2.75, 3.05) is 0 Å². The van der Waals surface area contributed by atoms with Gasteiger partial charge in [0, 0.05) is 5.56 Å². The van der Waals surface area contributed by atoms with Gasteiger partial charge in [0.15, 0.2) is 5.78 Å². The van der Waals surface area contributed by atoms with E-state index in [0.29, 0.717) is 11.1 Å². The molecule has 0 saturated carbocycles. The molecule has 1 N–H and O–H groups in total. The van der Waals surface area contributed by atoms with Crippen molar-refractivity contribution in [3.8, 4) is 0 Å². The van der Waals surface area contributed by atoms with Crippen molar-refractivity contribution >= 4 is 17.8 Å². The third-order valence-corrected chi connectivity index (χ3v) is 3.13. The summed E-state index contributed by atoms with van der Waals surface area (Å²) in [5.74, 6) is -2.29. The molecule has 0 atom stereocenters. The normalized spacial score (nSPS) is 10.8. The summed E-state index contributed by atoms with van der Waals surface area (Å²) in [6.45, 7) is 1.48. The molecule has 0 radical (unpaired) electrons. The Morgan fingerprint density at radius 2 is 1.76 bits per heavy atom. The van der Waals surface area contributed by atoms with Gasteiger partial charge in [-0.15, -0.1) is 0 Å². The quantitative estimate of drug-likeness (QED) is 0.687. The molecule has 0 heterocycles. The van der Waals surface area contributed by atoms with Crippen LogP contribution in [0.5, 0.6) is 0 Å². The van der Waals surface area contributed by atoms with Crippen LogP contribution in [0, 0.1) is 12.7 Å². The van der Waals surface area contributed by atoms with Gasteiger partial charge in [-0.1, -0.05) is 42.5 Å². The Morgan fingerprint density at radius 3 is 2.38 bits per heavy atom. The second-order valence-corrected chi connectivity index (χ2v) is 4.51. The Hall–Kier alpha value is -2.75. The van der Waals surface area contributed by atoms with E-state index in [2.05, 4.69) is 0 Å².